The Balaban J connectivity index is 1.58. The van der Waals surface area contributed by atoms with Gasteiger partial charge in [-0.25, -0.2) is 0 Å². The zero-order valence-electron chi connectivity index (χ0n) is 11.3. The number of amides is 1. The van der Waals surface area contributed by atoms with Crippen LogP contribution in [0.2, 0.25) is 0 Å². The molecular weight excluding hydrogens is 254 g/mol. The van der Waals surface area contributed by atoms with Gasteiger partial charge in [-0.3, -0.25) is 4.79 Å². The number of para-hydroxylation sites is 1. The van der Waals surface area contributed by atoms with E-state index in [1.54, 1.807) is 0 Å². The van der Waals surface area contributed by atoms with Crippen molar-refractivity contribution in [2.75, 3.05) is 13.2 Å². The smallest absolute Gasteiger partial charge is 0.227 e. The first-order chi connectivity index (χ1) is 9.76. The molecule has 0 saturated carbocycles. The molecule has 1 amide bonds. The molecule has 0 spiro atoms. The Bertz CT molecular complexity index is 526. The van der Waals surface area contributed by atoms with Gasteiger partial charge in [-0.2, -0.15) is 0 Å². The average Bonchev–Trinajstić information content (AvgIpc) is 2.94. The molecule has 1 unspecified atom stereocenters. The predicted octanol–water partition coefficient (Wildman–Crippen LogP) is 1.29. The Morgan fingerprint density at radius 1 is 1.35 bits per heavy atom. The zero-order chi connectivity index (χ0) is 13.9. The molecule has 1 aromatic carbocycles. The molecule has 3 atom stereocenters. The number of carbonyl (C=O) groups excluding carboxylic acids is 1. The van der Waals surface area contributed by atoms with E-state index >= 15 is 0 Å². The van der Waals surface area contributed by atoms with Crippen LogP contribution in [0.1, 0.15) is 12.0 Å². The summed E-state index contributed by atoms with van der Waals surface area (Å²) in [4.78, 5) is 12.3. The van der Waals surface area contributed by atoms with E-state index in [0.29, 0.717) is 6.61 Å². The largest absolute Gasteiger partial charge is 0.492 e. The molecule has 1 aliphatic carbocycles. The maximum absolute atomic E-state index is 12.3. The standard InChI is InChI=1S/C16H19NO3/c18-9-11-5-6-14(7-11)17-16(19)13-8-12-3-1-2-4-15(12)20-10-13/h1-6,11,13-14,18H,7-10H2,(H,17,19)/t11-,13?,14+/m0/s1. The number of benzene rings is 1. The number of aliphatic hydroxyl groups excluding tert-OH is 1. The third-order valence-corrected chi connectivity index (χ3v) is 3.98. The first-order valence-corrected chi connectivity index (χ1v) is 7.06. The van der Waals surface area contributed by atoms with Gasteiger partial charge in [0.2, 0.25) is 5.91 Å². The molecule has 0 saturated heterocycles. The highest BCUT2D eigenvalue weighted by atomic mass is 16.5. The van der Waals surface area contributed by atoms with E-state index in [-0.39, 0.29) is 30.4 Å². The Hall–Kier alpha value is -1.81. The molecule has 0 radical (unpaired) electrons. The van der Waals surface area contributed by atoms with Gasteiger partial charge in [-0.15, -0.1) is 0 Å². The number of hydrogen-bond donors (Lipinski definition) is 2. The number of fused-ring (bicyclic) bond motifs is 1. The minimum Gasteiger partial charge on any atom is -0.492 e. The number of hydrogen-bond acceptors (Lipinski definition) is 3. The van der Waals surface area contributed by atoms with E-state index in [1.165, 1.54) is 0 Å². The maximum atomic E-state index is 12.3. The molecule has 3 rings (SSSR count). The highest BCUT2D eigenvalue weighted by molar-refractivity contribution is 5.80. The lowest BCUT2D eigenvalue weighted by atomic mass is 9.95. The van der Waals surface area contributed by atoms with Crippen molar-refractivity contribution in [3.63, 3.8) is 0 Å². The lowest BCUT2D eigenvalue weighted by molar-refractivity contribution is -0.126. The van der Waals surface area contributed by atoms with Crippen molar-refractivity contribution < 1.29 is 14.6 Å². The predicted molar refractivity (Wildman–Crippen MR) is 75.4 cm³/mol. The van der Waals surface area contributed by atoms with Gasteiger partial charge < -0.3 is 15.2 Å². The molecule has 1 aromatic rings. The van der Waals surface area contributed by atoms with Gasteiger partial charge in [-0.05, 0) is 24.5 Å². The number of aliphatic hydroxyl groups is 1. The molecule has 0 fully saturated rings. The molecule has 1 heterocycles. The van der Waals surface area contributed by atoms with E-state index in [1.807, 2.05) is 36.4 Å². The first-order valence-electron chi connectivity index (χ1n) is 7.06. The number of nitrogens with one attached hydrogen (secondary N) is 1. The Labute approximate surface area is 118 Å². The average molecular weight is 273 g/mol. The number of ether oxygens (including phenoxy) is 1. The second-order valence-corrected chi connectivity index (χ2v) is 5.50. The summed E-state index contributed by atoms with van der Waals surface area (Å²) in [7, 11) is 0. The van der Waals surface area contributed by atoms with Gasteiger partial charge in [0, 0.05) is 18.6 Å². The van der Waals surface area contributed by atoms with Crippen molar-refractivity contribution in [1.29, 1.82) is 0 Å². The summed E-state index contributed by atoms with van der Waals surface area (Å²) in [5.74, 6) is 0.959. The van der Waals surface area contributed by atoms with Crippen molar-refractivity contribution >= 4 is 5.91 Å². The monoisotopic (exact) mass is 273 g/mol. The molecule has 4 heteroatoms. The van der Waals surface area contributed by atoms with Crippen LogP contribution in [-0.2, 0) is 11.2 Å². The van der Waals surface area contributed by atoms with E-state index in [4.69, 9.17) is 9.84 Å². The summed E-state index contributed by atoms with van der Waals surface area (Å²) in [6, 6.07) is 7.89. The van der Waals surface area contributed by atoms with Crippen LogP contribution in [0.25, 0.3) is 0 Å². The Morgan fingerprint density at radius 3 is 3.00 bits per heavy atom. The summed E-state index contributed by atoms with van der Waals surface area (Å²) in [6.45, 7) is 0.575. The fourth-order valence-corrected chi connectivity index (χ4v) is 2.81. The van der Waals surface area contributed by atoms with Crippen LogP contribution >= 0.6 is 0 Å². The highest BCUT2D eigenvalue weighted by Crippen LogP contribution is 2.27. The minimum atomic E-state index is -0.133. The lowest BCUT2D eigenvalue weighted by Crippen LogP contribution is -2.41. The molecule has 106 valence electrons. The summed E-state index contributed by atoms with van der Waals surface area (Å²) in [5, 5.41) is 12.1. The van der Waals surface area contributed by atoms with Crippen molar-refractivity contribution in [1.82, 2.24) is 5.32 Å². The Kier molecular flexibility index (Phi) is 3.74. The van der Waals surface area contributed by atoms with Crippen LogP contribution in [0.3, 0.4) is 0 Å². The molecule has 0 aromatic heterocycles. The molecule has 0 bridgehead atoms. The second-order valence-electron chi connectivity index (χ2n) is 5.50. The number of rotatable bonds is 3. The van der Waals surface area contributed by atoms with Gasteiger partial charge in [0.25, 0.3) is 0 Å². The molecule has 2 aliphatic rings. The minimum absolute atomic E-state index is 0.0349. The van der Waals surface area contributed by atoms with Crippen LogP contribution < -0.4 is 10.1 Å². The van der Waals surface area contributed by atoms with Crippen molar-refractivity contribution in [2.45, 2.75) is 18.9 Å². The summed E-state index contributed by atoms with van der Waals surface area (Å²) < 4.78 is 5.65. The van der Waals surface area contributed by atoms with Gasteiger partial charge in [0.1, 0.15) is 12.4 Å². The van der Waals surface area contributed by atoms with Crippen molar-refractivity contribution in [3.8, 4) is 5.75 Å². The SMILES string of the molecule is O=C(N[C@@H]1C=C[C@H](CO)C1)C1COc2ccccc2C1. The molecule has 2 N–H and O–H groups in total. The molecule has 20 heavy (non-hydrogen) atoms. The first kappa shape index (κ1) is 13.2. The van der Waals surface area contributed by atoms with Crippen LogP contribution in [0.4, 0.5) is 0 Å². The van der Waals surface area contributed by atoms with Gasteiger partial charge >= 0.3 is 0 Å². The normalized spacial score (nSPS) is 27.8. The van der Waals surface area contributed by atoms with Gasteiger partial charge in [-0.1, -0.05) is 30.4 Å². The van der Waals surface area contributed by atoms with Crippen LogP contribution in [0.15, 0.2) is 36.4 Å². The zero-order valence-corrected chi connectivity index (χ0v) is 11.3. The van der Waals surface area contributed by atoms with Gasteiger partial charge in [0.05, 0.1) is 5.92 Å². The lowest BCUT2D eigenvalue weighted by Gasteiger charge is -2.25. The van der Waals surface area contributed by atoms with E-state index in [9.17, 15) is 4.79 Å². The Morgan fingerprint density at radius 2 is 2.20 bits per heavy atom. The molecule has 4 nitrogen and oxygen atoms in total. The summed E-state index contributed by atoms with van der Waals surface area (Å²) in [6.07, 6.45) is 5.45. The van der Waals surface area contributed by atoms with Gasteiger partial charge in [0.15, 0.2) is 0 Å². The maximum Gasteiger partial charge on any atom is 0.227 e. The third kappa shape index (κ3) is 2.70. The van der Waals surface area contributed by atoms with E-state index < -0.39 is 0 Å². The van der Waals surface area contributed by atoms with Crippen molar-refractivity contribution in [2.24, 2.45) is 11.8 Å². The van der Waals surface area contributed by atoms with Crippen LogP contribution in [0.5, 0.6) is 5.75 Å². The summed E-state index contributed by atoms with van der Waals surface area (Å²) in [5.41, 5.74) is 1.09. The number of carbonyl (C=O) groups is 1. The van der Waals surface area contributed by atoms with E-state index in [0.717, 1.165) is 24.2 Å². The van der Waals surface area contributed by atoms with Crippen LogP contribution in [0, 0.1) is 11.8 Å². The quantitative estimate of drug-likeness (QED) is 0.816. The summed E-state index contributed by atoms with van der Waals surface area (Å²) >= 11 is 0. The van der Waals surface area contributed by atoms with E-state index in [2.05, 4.69) is 5.32 Å². The second kappa shape index (κ2) is 5.67. The fourth-order valence-electron chi connectivity index (χ4n) is 2.81. The fraction of sp³-hybridized carbons (Fsp3) is 0.438. The highest BCUT2D eigenvalue weighted by Gasteiger charge is 2.28. The topological polar surface area (TPSA) is 58.6 Å². The van der Waals surface area contributed by atoms with Crippen LogP contribution in [-0.4, -0.2) is 30.3 Å². The molecular formula is C16H19NO3. The van der Waals surface area contributed by atoms with Crippen molar-refractivity contribution in [3.05, 3.63) is 42.0 Å². The molecule has 1 aliphatic heterocycles. The third-order valence-electron chi connectivity index (χ3n) is 3.98.